The first-order chi connectivity index (χ1) is 13.0. The molecule has 0 bridgehead atoms. The highest BCUT2D eigenvalue weighted by Crippen LogP contribution is 2.15. The molecule has 0 atom stereocenters. The summed E-state index contributed by atoms with van der Waals surface area (Å²) < 4.78 is 5.35. The van der Waals surface area contributed by atoms with E-state index in [0.717, 1.165) is 0 Å². The highest BCUT2D eigenvalue weighted by atomic mass is 16.5. The molecule has 142 valence electrons. The molecule has 0 radical (unpaired) electrons. The lowest BCUT2D eigenvalue weighted by Gasteiger charge is -2.08. The summed E-state index contributed by atoms with van der Waals surface area (Å²) in [4.78, 5) is 35.0. The van der Waals surface area contributed by atoms with Gasteiger partial charge in [0.25, 0.3) is 11.8 Å². The standard InChI is InChI=1S/C20H23N3O4/c1-3-27-18-10-6-16(7-11-18)20(26)23-17-8-4-15(5-9-17)19(25)22-13-12-21-14(2)24/h4-11H,3,12-13H2,1-2H3,(H,21,24)(H,22,25)(H,23,26). The van der Waals surface area contributed by atoms with Gasteiger partial charge in [-0.2, -0.15) is 0 Å². The fraction of sp³-hybridized carbons (Fsp3) is 0.250. The van der Waals surface area contributed by atoms with Crippen LogP contribution in [0.25, 0.3) is 0 Å². The summed E-state index contributed by atoms with van der Waals surface area (Å²) in [5, 5.41) is 8.08. The molecule has 2 aromatic rings. The summed E-state index contributed by atoms with van der Waals surface area (Å²) in [5.74, 6) is 0.0788. The monoisotopic (exact) mass is 369 g/mol. The SMILES string of the molecule is CCOc1ccc(C(=O)Nc2ccc(C(=O)NCCNC(C)=O)cc2)cc1. The van der Waals surface area contributed by atoms with Gasteiger partial charge in [0.2, 0.25) is 5.91 Å². The van der Waals surface area contributed by atoms with Crippen LogP contribution in [0.3, 0.4) is 0 Å². The Morgan fingerprint density at radius 1 is 0.815 bits per heavy atom. The van der Waals surface area contributed by atoms with Crippen LogP contribution in [0, 0.1) is 0 Å². The van der Waals surface area contributed by atoms with Crippen LogP contribution in [-0.4, -0.2) is 37.4 Å². The molecule has 0 saturated heterocycles. The van der Waals surface area contributed by atoms with Crippen molar-refractivity contribution in [2.75, 3.05) is 25.0 Å². The van der Waals surface area contributed by atoms with Gasteiger partial charge in [-0.05, 0) is 55.5 Å². The van der Waals surface area contributed by atoms with E-state index in [-0.39, 0.29) is 17.7 Å². The van der Waals surface area contributed by atoms with E-state index in [1.807, 2.05) is 6.92 Å². The van der Waals surface area contributed by atoms with Crippen molar-refractivity contribution in [3.8, 4) is 5.75 Å². The van der Waals surface area contributed by atoms with Gasteiger partial charge in [0.05, 0.1) is 6.61 Å². The van der Waals surface area contributed by atoms with Gasteiger partial charge in [-0.25, -0.2) is 0 Å². The van der Waals surface area contributed by atoms with Gasteiger partial charge in [-0.1, -0.05) is 0 Å². The number of hydrogen-bond acceptors (Lipinski definition) is 4. The molecule has 0 heterocycles. The van der Waals surface area contributed by atoms with Crippen LogP contribution in [0.4, 0.5) is 5.69 Å². The molecule has 3 N–H and O–H groups in total. The second kappa shape index (κ2) is 9.96. The van der Waals surface area contributed by atoms with Crippen molar-refractivity contribution in [2.45, 2.75) is 13.8 Å². The maximum absolute atomic E-state index is 12.3. The molecule has 0 saturated carbocycles. The van der Waals surface area contributed by atoms with Gasteiger partial charge >= 0.3 is 0 Å². The molecular formula is C20H23N3O4. The third-order valence-corrected chi connectivity index (χ3v) is 3.62. The lowest BCUT2D eigenvalue weighted by Crippen LogP contribution is -2.33. The van der Waals surface area contributed by atoms with E-state index >= 15 is 0 Å². The lowest BCUT2D eigenvalue weighted by atomic mass is 10.1. The average Bonchev–Trinajstić information content (AvgIpc) is 2.66. The Balaban J connectivity index is 1.88. The zero-order valence-corrected chi connectivity index (χ0v) is 15.4. The lowest BCUT2D eigenvalue weighted by molar-refractivity contribution is -0.118. The molecule has 2 rings (SSSR count). The van der Waals surface area contributed by atoms with E-state index in [1.165, 1.54) is 6.92 Å². The molecule has 7 heteroatoms. The summed E-state index contributed by atoms with van der Waals surface area (Å²) in [6.07, 6.45) is 0. The minimum Gasteiger partial charge on any atom is -0.494 e. The van der Waals surface area contributed by atoms with Crippen molar-refractivity contribution in [3.63, 3.8) is 0 Å². The number of rotatable bonds is 8. The van der Waals surface area contributed by atoms with Crippen molar-refractivity contribution in [3.05, 3.63) is 59.7 Å². The quantitative estimate of drug-likeness (QED) is 0.622. The number of carbonyl (C=O) groups is 3. The molecule has 0 aliphatic carbocycles. The molecule has 0 aromatic heterocycles. The second-order valence-electron chi connectivity index (χ2n) is 5.73. The summed E-state index contributed by atoms with van der Waals surface area (Å²) in [5.41, 5.74) is 1.57. The Morgan fingerprint density at radius 2 is 1.37 bits per heavy atom. The van der Waals surface area contributed by atoms with E-state index in [0.29, 0.717) is 42.3 Å². The Kier molecular flexibility index (Phi) is 7.37. The van der Waals surface area contributed by atoms with Crippen molar-refractivity contribution < 1.29 is 19.1 Å². The summed E-state index contributed by atoms with van der Waals surface area (Å²) in [6, 6.07) is 13.4. The molecule has 0 unspecified atom stereocenters. The molecule has 7 nitrogen and oxygen atoms in total. The zero-order chi connectivity index (χ0) is 19.6. The smallest absolute Gasteiger partial charge is 0.255 e. The third-order valence-electron chi connectivity index (χ3n) is 3.62. The number of anilines is 1. The molecule has 0 aliphatic rings. The first-order valence-electron chi connectivity index (χ1n) is 8.66. The van der Waals surface area contributed by atoms with Gasteiger partial charge in [-0.3, -0.25) is 14.4 Å². The van der Waals surface area contributed by atoms with E-state index in [1.54, 1.807) is 48.5 Å². The number of amides is 3. The fourth-order valence-corrected chi connectivity index (χ4v) is 2.29. The molecule has 0 fully saturated rings. The van der Waals surface area contributed by atoms with Crippen molar-refractivity contribution in [1.82, 2.24) is 10.6 Å². The predicted molar refractivity (Wildman–Crippen MR) is 103 cm³/mol. The average molecular weight is 369 g/mol. The van der Waals surface area contributed by atoms with E-state index in [4.69, 9.17) is 4.74 Å². The third kappa shape index (κ3) is 6.47. The van der Waals surface area contributed by atoms with Gasteiger partial charge in [-0.15, -0.1) is 0 Å². The molecule has 0 spiro atoms. The van der Waals surface area contributed by atoms with E-state index in [9.17, 15) is 14.4 Å². The minimum absolute atomic E-state index is 0.142. The summed E-state index contributed by atoms with van der Waals surface area (Å²) >= 11 is 0. The molecule has 3 amide bonds. The first-order valence-corrected chi connectivity index (χ1v) is 8.66. The van der Waals surface area contributed by atoms with Crippen LogP contribution in [0.2, 0.25) is 0 Å². The molecule has 0 aliphatic heterocycles. The van der Waals surface area contributed by atoms with Crippen LogP contribution in [0.15, 0.2) is 48.5 Å². The number of benzene rings is 2. The summed E-state index contributed by atoms with van der Waals surface area (Å²) in [7, 11) is 0. The number of hydrogen-bond donors (Lipinski definition) is 3. The first kappa shape index (κ1) is 20.0. The van der Waals surface area contributed by atoms with Crippen LogP contribution in [0.5, 0.6) is 5.75 Å². The van der Waals surface area contributed by atoms with Crippen molar-refractivity contribution in [1.29, 1.82) is 0 Å². The minimum atomic E-state index is -0.246. The maximum Gasteiger partial charge on any atom is 0.255 e. The largest absolute Gasteiger partial charge is 0.494 e. The van der Waals surface area contributed by atoms with Gasteiger partial charge in [0.15, 0.2) is 0 Å². The zero-order valence-electron chi connectivity index (χ0n) is 15.4. The fourth-order valence-electron chi connectivity index (χ4n) is 2.29. The maximum atomic E-state index is 12.3. The highest BCUT2D eigenvalue weighted by molar-refractivity contribution is 6.04. The Bertz CT molecular complexity index is 786. The van der Waals surface area contributed by atoms with Gasteiger partial charge < -0.3 is 20.7 Å². The van der Waals surface area contributed by atoms with E-state index < -0.39 is 0 Å². The van der Waals surface area contributed by atoms with Crippen molar-refractivity contribution in [2.24, 2.45) is 0 Å². The number of carbonyl (C=O) groups excluding carboxylic acids is 3. The molecule has 27 heavy (non-hydrogen) atoms. The normalized spacial score (nSPS) is 10.0. The Hall–Kier alpha value is -3.35. The molecule has 2 aromatic carbocycles. The van der Waals surface area contributed by atoms with E-state index in [2.05, 4.69) is 16.0 Å². The predicted octanol–water partition coefficient (Wildman–Crippen LogP) is 2.20. The Labute approximate surface area is 158 Å². The highest BCUT2D eigenvalue weighted by Gasteiger charge is 2.08. The summed E-state index contributed by atoms with van der Waals surface area (Å²) in [6.45, 7) is 4.60. The van der Waals surface area contributed by atoms with Crippen LogP contribution in [0.1, 0.15) is 34.6 Å². The number of ether oxygens (including phenoxy) is 1. The Morgan fingerprint density at radius 3 is 1.96 bits per heavy atom. The van der Waals surface area contributed by atoms with Crippen molar-refractivity contribution >= 4 is 23.4 Å². The van der Waals surface area contributed by atoms with Crippen LogP contribution < -0.4 is 20.7 Å². The van der Waals surface area contributed by atoms with Gasteiger partial charge in [0.1, 0.15) is 5.75 Å². The van der Waals surface area contributed by atoms with Gasteiger partial charge in [0, 0.05) is 36.8 Å². The second-order valence-corrected chi connectivity index (χ2v) is 5.73. The van der Waals surface area contributed by atoms with Crippen LogP contribution in [-0.2, 0) is 4.79 Å². The topological polar surface area (TPSA) is 96.5 Å². The number of nitrogens with one attached hydrogen (secondary N) is 3. The molecular weight excluding hydrogens is 346 g/mol. The van der Waals surface area contributed by atoms with Crippen LogP contribution >= 0.6 is 0 Å².